The van der Waals surface area contributed by atoms with Gasteiger partial charge in [0.15, 0.2) is 0 Å². The van der Waals surface area contributed by atoms with Gasteiger partial charge in [-0.05, 0) is 31.3 Å². The predicted octanol–water partition coefficient (Wildman–Crippen LogP) is 1.37. The molecule has 0 saturated carbocycles. The number of H-pyrrole nitrogens is 1. The Hall–Kier alpha value is -1.57. The van der Waals surface area contributed by atoms with Crippen LogP contribution >= 0.6 is 0 Å². The second kappa shape index (κ2) is 6.46. The summed E-state index contributed by atoms with van der Waals surface area (Å²) in [6.07, 6.45) is 1.50. The molecule has 0 radical (unpaired) electrons. The third-order valence-corrected chi connectivity index (χ3v) is 5.07. The molecule has 0 aliphatic carbocycles. The van der Waals surface area contributed by atoms with Crippen LogP contribution in [0.3, 0.4) is 0 Å². The summed E-state index contributed by atoms with van der Waals surface area (Å²) in [4.78, 5) is 5.36. The molecule has 0 spiro atoms. The van der Waals surface area contributed by atoms with Gasteiger partial charge in [0, 0.05) is 35.9 Å². The molecule has 0 amide bonds. The summed E-state index contributed by atoms with van der Waals surface area (Å²) in [7, 11) is -3.54. The fourth-order valence-electron chi connectivity index (χ4n) is 2.29. The average molecular weight is 310 g/mol. The maximum atomic E-state index is 12.4. The molecule has 1 aromatic heterocycles. The number of rotatable bonds is 7. The first-order chi connectivity index (χ1) is 9.97. The summed E-state index contributed by atoms with van der Waals surface area (Å²) in [6.45, 7) is 7.00. The predicted molar refractivity (Wildman–Crippen MR) is 85.7 cm³/mol. The van der Waals surface area contributed by atoms with Crippen molar-refractivity contribution in [3.05, 3.63) is 24.4 Å². The van der Waals surface area contributed by atoms with Gasteiger partial charge in [-0.2, -0.15) is 0 Å². The number of aromatic amines is 1. The van der Waals surface area contributed by atoms with Crippen LogP contribution in [0.4, 0.5) is 5.69 Å². The van der Waals surface area contributed by atoms with Gasteiger partial charge >= 0.3 is 0 Å². The molecule has 1 aromatic carbocycles. The molecule has 21 heavy (non-hydrogen) atoms. The molecule has 0 aliphatic rings. The molecule has 7 heteroatoms. The van der Waals surface area contributed by atoms with Crippen molar-refractivity contribution in [2.24, 2.45) is 0 Å². The Labute approximate surface area is 125 Å². The number of nitrogens with two attached hydrogens (primary N) is 1. The molecule has 1 heterocycles. The fourth-order valence-corrected chi connectivity index (χ4v) is 3.48. The van der Waals surface area contributed by atoms with Gasteiger partial charge < -0.3 is 15.6 Å². The summed E-state index contributed by atoms with van der Waals surface area (Å²) < 4.78 is 27.4. The fraction of sp³-hybridized carbons (Fsp3) is 0.429. The SMILES string of the molecule is CCN(CC)CCNS(=O)(=O)c1c[nH]c2ccc(N)cc12. The van der Waals surface area contributed by atoms with E-state index in [1.807, 2.05) is 0 Å². The Balaban J connectivity index is 2.16. The number of benzene rings is 1. The first-order valence-electron chi connectivity index (χ1n) is 7.06. The zero-order valence-electron chi connectivity index (χ0n) is 12.4. The first kappa shape index (κ1) is 15.8. The van der Waals surface area contributed by atoms with Gasteiger partial charge in [0.2, 0.25) is 10.0 Å². The second-order valence-electron chi connectivity index (χ2n) is 4.88. The van der Waals surface area contributed by atoms with E-state index in [0.717, 1.165) is 18.6 Å². The van der Waals surface area contributed by atoms with E-state index in [0.29, 0.717) is 24.2 Å². The summed E-state index contributed by atoms with van der Waals surface area (Å²) >= 11 is 0. The van der Waals surface area contributed by atoms with E-state index in [4.69, 9.17) is 5.73 Å². The molecule has 0 fully saturated rings. The number of likely N-dealkylation sites (N-methyl/N-ethyl adjacent to an activating group) is 1. The Kier molecular flexibility index (Phi) is 4.87. The van der Waals surface area contributed by atoms with Gasteiger partial charge in [-0.15, -0.1) is 0 Å². The molecular weight excluding hydrogens is 288 g/mol. The van der Waals surface area contributed by atoms with Crippen molar-refractivity contribution >= 4 is 26.6 Å². The maximum Gasteiger partial charge on any atom is 0.242 e. The van der Waals surface area contributed by atoms with E-state index >= 15 is 0 Å². The highest BCUT2D eigenvalue weighted by molar-refractivity contribution is 7.89. The molecule has 2 aromatic rings. The summed E-state index contributed by atoms with van der Waals surface area (Å²) in [5.41, 5.74) is 7.04. The highest BCUT2D eigenvalue weighted by Gasteiger charge is 2.18. The quantitative estimate of drug-likeness (QED) is 0.674. The largest absolute Gasteiger partial charge is 0.399 e. The maximum absolute atomic E-state index is 12.4. The van der Waals surface area contributed by atoms with Crippen LogP contribution in [0.1, 0.15) is 13.8 Å². The number of nitrogen functional groups attached to an aromatic ring is 1. The smallest absolute Gasteiger partial charge is 0.242 e. The van der Waals surface area contributed by atoms with Gasteiger partial charge in [0.05, 0.1) is 0 Å². The third kappa shape index (κ3) is 3.55. The monoisotopic (exact) mass is 310 g/mol. The van der Waals surface area contributed by atoms with Crippen LogP contribution in [0.5, 0.6) is 0 Å². The van der Waals surface area contributed by atoms with Crippen molar-refractivity contribution in [3.8, 4) is 0 Å². The number of nitrogens with one attached hydrogen (secondary N) is 2. The second-order valence-corrected chi connectivity index (χ2v) is 6.62. The molecular formula is C14H22N4O2S. The van der Waals surface area contributed by atoms with E-state index in [1.54, 1.807) is 18.2 Å². The number of anilines is 1. The number of hydrogen-bond acceptors (Lipinski definition) is 4. The van der Waals surface area contributed by atoms with Crippen molar-refractivity contribution in [1.82, 2.24) is 14.6 Å². The lowest BCUT2D eigenvalue weighted by molar-refractivity contribution is 0.309. The number of aromatic nitrogens is 1. The van der Waals surface area contributed by atoms with E-state index in [-0.39, 0.29) is 4.90 Å². The minimum absolute atomic E-state index is 0.240. The average Bonchev–Trinajstić information content (AvgIpc) is 2.87. The molecule has 0 atom stereocenters. The van der Waals surface area contributed by atoms with Crippen LogP contribution in [0, 0.1) is 0 Å². The van der Waals surface area contributed by atoms with Crippen LogP contribution in [-0.4, -0.2) is 44.5 Å². The van der Waals surface area contributed by atoms with Gasteiger partial charge in [-0.3, -0.25) is 0 Å². The van der Waals surface area contributed by atoms with E-state index in [1.165, 1.54) is 6.20 Å². The van der Waals surface area contributed by atoms with Crippen molar-refractivity contribution in [1.29, 1.82) is 0 Å². The van der Waals surface area contributed by atoms with E-state index < -0.39 is 10.0 Å². The van der Waals surface area contributed by atoms with Gasteiger partial charge in [-0.1, -0.05) is 13.8 Å². The summed E-state index contributed by atoms with van der Waals surface area (Å²) in [5.74, 6) is 0. The highest BCUT2D eigenvalue weighted by Crippen LogP contribution is 2.24. The minimum atomic E-state index is -3.54. The van der Waals surface area contributed by atoms with Crippen LogP contribution < -0.4 is 10.5 Å². The zero-order valence-corrected chi connectivity index (χ0v) is 13.2. The number of sulfonamides is 1. The van der Waals surface area contributed by atoms with E-state index in [2.05, 4.69) is 28.5 Å². The van der Waals surface area contributed by atoms with Crippen LogP contribution in [-0.2, 0) is 10.0 Å². The van der Waals surface area contributed by atoms with Crippen molar-refractivity contribution < 1.29 is 8.42 Å². The zero-order chi connectivity index (χ0) is 15.5. The molecule has 2 rings (SSSR count). The lowest BCUT2D eigenvalue weighted by Gasteiger charge is -2.17. The topological polar surface area (TPSA) is 91.2 Å². The van der Waals surface area contributed by atoms with Crippen molar-refractivity contribution in [2.75, 3.05) is 31.9 Å². The van der Waals surface area contributed by atoms with Gasteiger partial charge in [-0.25, -0.2) is 13.1 Å². The van der Waals surface area contributed by atoms with E-state index in [9.17, 15) is 8.42 Å². The third-order valence-electron chi connectivity index (χ3n) is 3.57. The highest BCUT2D eigenvalue weighted by atomic mass is 32.2. The van der Waals surface area contributed by atoms with Crippen LogP contribution in [0.2, 0.25) is 0 Å². The molecule has 4 N–H and O–H groups in total. The molecule has 0 unspecified atom stereocenters. The molecule has 6 nitrogen and oxygen atoms in total. The molecule has 0 bridgehead atoms. The minimum Gasteiger partial charge on any atom is -0.399 e. The number of hydrogen-bond donors (Lipinski definition) is 3. The van der Waals surface area contributed by atoms with Crippen molar-refractivity contribution in [2.45, 2.75) is 18.7 Å². The summed E-state index contributed by atoms with van der Waals surface area (Å²) in [6, 6.07) is 5.19. The lowest BCUT2D eigenvalue weighted by Crippen LogP contribution is -2.34. The summed E-state index contributed by atoms with van der Waals surface area (Å²) in [5, 5.41) is 0.616. The lowest BCUT2D eigenvalue weighted by atomic mass is 10.2. The standard InChI is InChI=1S/C14H22N4O2S/c1-3-18(4-2)8-7-17-21(19,20)14-10-16-13-6-5-11(15)9-12(13)14/h5-6,9-10,16-17H,3-4,7-8,15H2,1-2H3. The molecule has 0 aliphatic heterocycles. The number of nitrogens with zero attached hydrogens (tertiary/aromatic N) is 1. The van der Waals surface area contributed by atoms with Gasteiger partial charge in [0.25, 0.3) is 0 Å². The molecule has 0 saturated heterocycles. The Morgan fingerprint density at radius 1 is 1.29 bits per heavy atom. The normalized spacial score (nSPS) is 12.3. The Morgan fingerprint density at radius 2 is 2.00 bits per heavy atom. The first-order valence-corrected chi connectivity index (χ1v) is 8.55. The Bertz CT molecular complexity index is 705. The Morgan fingerprint density at radius 3 is 2.67 bits per heavy atom. The number of fused-ring (bicyclic) bond motifs is 1. The molecule has 116 valence electrons. The van der Waals surface area contributed by atoms with Crippen LogP contribution in [0.15, 0.2) is 29.3 Å². The van der Waals surface area contributed by atoms with Crippen molar-refractivity contribution in [3.63, 3.8) is 0 Å². The van der Waals surface area contributed by atoms with Gasteiger partial charge in [0.1, 0.15) is 4.90 Å². The van der Waals surface area contributed by atoms with Crippen LogP contribution in [0.25, 0.3) is 10.9 Å².